The fourth-order valence-electron chi connectivity index (χ4n) is 8.91. The van der Waals surface area contributed by atoms with Crippen LogP contribution < -0.4 is 0 Å². The monoisotopic (exact) mass is 714 g/mol. The molecule has 2 heterocycles. The lowest BCUT2D eigenvalue weighted by atomic mass is 9.92. The summed E-state index contributed by atoms with van der Waals surface area (Å²) in [6, 6.07) is 71.1. The molecule has 1 aliphatic rings. The Labute approximate surface area is 326 Å². The van der Waals surface area contributed by atoms with Crippen LogP contribution in [-0.2, 0) is 6.42 Å². The molecular formula is C54H38N2. The Bertz CT molecular complexity index is 3050. The van der Waals surface area contributed by atoms with Gasteiger partial charge in [-0.05, 0) is 136 Å². The Morgan fingerprint density at radius 2 is 0.750 bits per heavy atom. The first kappa shape index (κ1) is 32.3. The van der Waals surface area contributed by atoms with Crippen molar-refractivity contribution in [1.29, 1.82) is 0 Å². The van der Waals surface area contributed by atoms with Crippen molar-refractivity contribution in [2.45, 2.75) is 12.8 Å². The molecule has 8 aromatic carbocycles. The molecule has 0 N–H and O–H groups in total. The number of para-hydroxylation sites is 3. The first-order chi connectivity index (χ1) is 27.8. The highest BCUT2D eigenvalue weighted by molar-refractivity contribution is 6.09. The molecule has 0 saturated carbocycles. The van der Waals surface area contributed by atoms with E-state index in [1.165, 1.54) is 94.2 Å². The van der Waals surface area contributed by atoms with Gasteiger partial charge in [0.15, 0.2) is 0 Å². The van der Waals surface area contributed by atoms with Crippen molar-refractivity contribution in [3.63, 3.8) is 0 Å². The third-order valence-electron chi connectivity index (χ3n) is 11.6. The van der Waals surface area contributed by atoms with Crippen molar-refractivity contribution in [1.82, 2.24) is 9.13 Å². The van der Waals surface area contributed by atoms with Crippen molar-refractivity contribution in [3.8, 4) is 55.9 Å². The number of nitrogens with zero attached hydrogens (tertiary/aromatic N) is 2. The Morgan fingerprint density at radius 1 is 0.321 bits per heavy atom. The number of rotatable bonds is 6. The minimum absolute atomic E-state index is 1.09. The summed E-state index contributed by atoms with van der Waals surface area (Å²) in [5.41, 5.74) is 18.4. The molecular weight excluding hydrogens is 677 g/mol. The van der Waals surface area contributed by atoms with Gasteiger partial charge in [-0.3, -0.25) is 0 Å². The van der Waals surface area contributed by atoms with Crippen molar-refractivity contribution in [3.05, 3.63) is 211 Å². The van der Waals surface area contributed by atoms with E-state index in [9.17, 15) is 0 Å². The number of hydrogen-bond acceptors (Lipinski definition) is 0. The topological polar surface area (TPSA) is 9.86 Å². The van der Waals surface area contributed by atoms with Crippen LogP contribution in [0, 0.1) is 0 Å². The largest absolute Gasteiger partial charge is 0.310 e. The van der Waals surface area contributed by atoms with E-state index in [0.29, 0.717) is 0 Å². The molecule has 10 aromatic rings. The molecule has 2 aromatic heterocycles. The fourth-order valence-corrected chi connectivity index (χ4v) is 8.91. The maximum atomic E-state index is 2.42. The van der Waals surface area contributed by atoms with Gasteiger partial charge < -0.3 is 9.13 Å². The Balaban J connectivity index is 0.969. The summed E-state index contributed by atoms with van der Waals surface area (Å²) in [4.78, 5) is 0. The van der Waals surface area contributed by atoms with E-state index in [-0.39, 0.29) is 0 Å². The summed E-state index contributed by atoms with van der Waals surface area (Å²) in [7, 11) is 0. The first-order valence-corrected chi connectivity index (χ1v) is 19.6. The highest BCUT2D eigenvalue weighted by Crippen LogP contribution is 2.38. The van der Waals surface area contributed by atoms with E-state index in [2.05, 4.69) is 215 Å². The number of benzene rings is 8. The zero-order chi connectivity index (χ0) is 37.0. The van der Waals surface area contributed by atoms with Crippen LogP contribution >= 0.6 is 0 Å². The van der Waals surface area contributed by atoms with Gasteiger partial charge in [0.2, 0.25) is 0 Å². The molecule has 0 atom stereocenters. The van der Waals surface area contributed by atoms with Crippen LogP contribution in [-0.4, -0.2) is 9.13 Å². The smallest absolute Gasteiger partial charge is 0.0541 e. The van der Waals surface area contributed by atoms with E-state index >= 15 is 0 Å². The van der Waals surface area contributed by atoms with Gasteiger partial charge in [0.25, 0.3) is 0 Å². The number of allylic oxidation sites excluding steroid dienone is 1. The van der Waals surface area contributed by atoms with E-state index < -0.39 is 0 Å². The second kappa shape index (κ2) is 13.3. The molecule has 0 amide bonds. The summed E-state index contributed by atoms with van der Waals surface area (Å²) in [6.45, 7) is 0. The maximum absolute atomic E-state index is 2.42. The molecule has 264 valence electrons. The third-order valence-corrected chi connectivity index (χ3v) is 11.6. The van der Waals surface area contributed by atoms with Crippen molar-refractivity contribution >= 4 is 38.8 Å². The summed E-state index contributed by atoms with van der Waals surface area (Å²) < 4.78 is 4.80. The van der Waals surface area contributed by atoms with E-state index in [0.717, 1.165) is 18.5 Å². The van der Waals surface area contributed by atoms with Gasteiger partial charge in [0.05, 0.1) is 16.6 Å². The second-order valence-corrected chi connectivity index (χ2v) is 14.9. The second-order valence-electron chi connectivity index (χ2n) is 14.9. The predicted molar refractivity (Wildman–Crippen MR) is 237 cm³/mol. The van der Waals surface area contributed by atoms with Crippen LogP contribution in [0.5, 0.6) is 0 Å². The average Bonchev–Trinajstić information content (AvgIpc) is 3.80. The van der Waals surface area contributed by atoms with Gasteiger partial charge in [0.1, 0.15) is 0 Å². The predicted octanol–water partition coefficient (Wildman–Crippen LogP) is 14.4. The zero-order valence-electron chi connectivity index (χ0n) is 30.9. The molecule has 0 radical (unpaired) electrons. The van der Waals surface area contributed by atoms with Crippen LogP contribution in [0.3, 0.4) is 0 Å². The van der Waals surface area contributed by atoms with Gasteiger partial charge in [-0.25, -0.2) is 0 Å². The van der Waals surface area contributed by atoms with E-state index in [4.69, 9.17) is 0 Å². The minimum Gasteiger partial charge on any atom is -0.310 e. The molecule has 0 fully saturated rings. The van der Waals surface area contributed by atoms with Crippen LogP contribution in [0.4, 0.5) is 0 Å². The lowest BCUT2D eigenvalue weighted by Crippen LogP contribution is -2.00. The van der Waals surface area contributed by atoms with Gasteiger partial charge >= 0.3 is 0 Å². The quantitative estimate of drug-likeness (QED) is 0.162. The number of aryl methyl sites for hydroxylation is 1. The first-order valence-electron chi connectivity index (χ1n) is 19.6. The fraction of sp³-hybridized carbons (Fsp3) is 0.0370. The molecule has 2 heteroatoms. The Morgan fingerprint density at radius 3 is 1.38 bits per heavy atom. The highest BCUT2D eigenvalue weighted by atomic mass is 15.0. The normalized spacial score (nSPS) is 12.4. The van der Waals surface area contributed by atoms with Crippen molar-refractivity contribution < 1.29 is 0 Å². The standard InChI is InChI=1S/C54H38N2/c1-2-13-37(14-3-1)42-34-43(39-27-31-46(32-28-39)56-53-23-10-6-19-49(53)50-20-7-11-24-54(50)56)36-44(35-42)41-16-12-15-40(33-41)38-25-29-45(30-26-38)55-51-21-8-4-17-47(51)48-18-5-9-22-52(48)55/h1-4,6-17,19-36H,5,18H2. The van der Waals surface area contributed by atoms with Gasteiger partial charge in [-0.1, -0.05) is 133 Å². The van der Waals surface area contributed by atoms with E-state index in [1.54, 1.807) is 0 Å². The summed E-state index contributed by atoms with van der Waals surface area (Å²) >= 11 is 0. The van der Waals surface area contributed by atoms with Crippen LogP contribution in [0.2, 0.25) is 0 Å². The number of hydrogen-bond donors (Lipinski definition) is 0. The number of aromatic nitrogens is 2. The highest BCUT2D eigenvalue weighted by Gasteiger charge is 2.18. The number of fused-ring (bicyclic) bond motifs is 6. The van der Waals surface area contributed by atoms with Gasteiger partial charge in [-0.2, -0.15) is 0 Å². The molecule has 0 bridgehead atoms. The van der Waals surface area contributed by atoms with Crippen LogP contribution in [0.15, 0.2) is 200 Å². The average molecular weight is 715 g/mol. The minimum atomic E-state index is 1.09. The van der Waals surface area contributed by atoms with Crippen molar-refractivity contribution in [2.24, 2.45) is 0 Å². The molecule has 0 saturated heterocycles. The molecule has 2 nitrogen and oxygen atoms in total. The van der Waals surface area contributed by atoms with Crippen LogP contribution in [0.25, 0.3) is 94.7 Å². The lowest BCUT2D eigenvalue weighted by molar-refractivity contribution is 0.967. The van der Waals surface area contributed by atoms with E-state index in [1.807, 2.05) is 0 Å². The summed E-state index contributed by atoms with van der Waals surface area (Å²) in [5.74, 6) is 0. The van der Waals surface area contributed by atoms with Gasteiger partial charge in [0, 0.05) is 33.2 Å². The van der Waals surface area contributed by atoms with Gasteiger partial charge in [-0.15, -0.1) is 0 Å². The Hall–Kier alpha value is -7.16. The molecule has 11 rings (SSSR count). The van der Waals surface area contributed by atoms with Crippen LogP contribution in [0.1, 0.15) is 17.7 Å². The zero-order valence-corrected chi connectivity index (χ0v) is 30.9. The maximum Gasteiger partial charge on any atom is 0.0541 e. The molecule has 0 aliphatic heterocycles. The Kier molecular flexibility index (Phi) is 7.67. The third kappa shape index (κ3) is 5.41. The summed E-state index contributed by atoms with van der Waals surface area (Å²) in [6.07, 6.45) is 6.79. The molecule has 1 aliphatic carbocycles. The lowest BCUT2D eigenvalue weighted by Gasteiger charge is -2.14. The van der Waals surface area contributed by atoms with Crippen molar-refractivity contribution in [2.75, 3.05) is 0 Å². The SMILES string of the molecule is C1=Cc2c(c3ccccc3n2-c2ccc(-c3cccc(-c4cc(-c5ccccc5)cc(-c5ccc(-n6c7ccccc7c7ccccc76)cc5)c4)c3)cc2)CC1. The summed E-state index contributed by atoms with van der Waals surface area (Å²) in [5, 5.41) is 3.91. The molecule has 0 unspecified atom stereocenters. The molecule has 56 heavy (non-hydrogen) atoms. The molecule has 0 spiro atoms.